The first kappa shape index (κ1) is 11.1. The van der Waals surface area contributed by atoms with Crippen molar-refractivity contribution in [1.29, 1.82) is 5.26 Å². The van der Waals surface area contributed by atoms with Crippen LogP contribution in [0.15, 0.2) is 41.0 Å². The Morgan fingerprint density at radius 2 is 2.06 bits per heavy atom. The summed E-state index contributed by atoms with van der Waals surface area (Å²) in [7, 11) is 0. The third kappa shape index (κ3) is 2.24. The highest BCUT2D eigenvalue weighted by atomic mass is 79.9. The molecule has 4 heteroatoms. The van der Waals surface area contributed by atoms with E-state index in [2.05, 4.69) is 20.9 Å². The number of rotatable bonds is 1. The summed E-state index contributed by atoms with van der Waals surface area (Å²) in [5.41, 5.74) is 2.16. The predicted octanol–water partition coefficient (Wildman–Crippen LogP) is 4.04. The van der Waals surface area contributed by atoms with E-state index in [0.717, 1.165) is 15.7 Å². The molecule has 2 nitrogen and oxygen atoms in total. The smallest absolute Gasteiger partial charge is 0.0992 e. The zero-order chi connectivity index (χ0) is 11.5. The van der Waals surface area contributed by atoms with Gasteiger partial charge in [-0.2, -0.15) is 5.26 Å². The summed E-state index contributed by atoms with van der Waals surface area (Å²) in [6.45, 7) is 0. The van der Waals surface area contributed by atoms with Crippen molar-refractivity contribution in [2.24, 2.45) is 0 Å². The third-order valence-electron chi connectivity index (χ3n) is 2.10. The number of halogens is 2. The van der Waals surface area contributed by atoms with Crippen molar-refractivity contribution in [3.8, 4) is 17.3 Å². The van der Waals surface area contributed by atoms with Crippen LogP contribution in [-0.4, -0.2) is 4.98 Å². The lowest BCUT2D eigenvalue weighted by molar-refractivity contribution is 1.31. The molecule has 1 aromatic carbocycles. The van der Waals surface area contributed by atoms with Crippen molar-refractivity contribution in [1.82, 2.24) is 4.98 Å². The highest BCUT2D eigenvalue weighted by molar-refractivity contribution is 9.10. The van der Waals surface area contributed by atoms with E-state index >= 15 is 0 Å². The van der Waals surface area contributed by atoms with E-state index < -0.39 is 0 Å². The zero-order valence-corrected chi connectivity index (χ0v) is 10.5. The molecule has 0 saturated heterocycles. The average Bonchev–Trinajstić information content (AvgIpc) is 2.30. The van der Waals surface area contributed by atoms with Gasteiger partial charge in [0, 0.05) is 16.2 Å². The quantitative estimate of drug-likeness (QED) is 0.796. The average molecular weight is 294 g/mol. The van der Waals surface area contributed by atoms with Gasteiger partial charge in [0.05, 0.1) is 22.3 Å². The van der Waals surface area contributed by atoms with Gasteiger partial charge in [-0.15, -0.1) is 0 Å². The van der Waals surface area contributed by atoms with E-state index in [4.69, 9.17) is 16.9 Å². The molecule has 0 aliphatic heterocycles. The molecule has 1 aromatic heterocycles. The maximum Gasteiger partial charge on any atom is 0.0992 e. The molecule has 0 fully saturated rings. The maximum atomic E-state index is 8.73. The first-order chi connectivity index (χ1) is 7.70. The van der Waals surface area contributed by atoms with Crippen LogP contribution in [0.1, 0.15) is 5.56 Å². The van der Waals surface area contributed by atoms with Crippen LogP contribution in [0, 0.1) is 11.3 Å². The highest BCUT2D eigenvalue weighted by Crippen LogP contribution is 2.27. The van der Waals surface area contributed by atoms with Crippen LogP contribution in [0.25, 0.3) is 11.3 Å². The van der Waals surface area contributed by atoms with Gasteiger partial charge in [-0.05, 0) is 46.3 Å². The molecule has 78 valence electrons. The number of aromatic nitrogens is 1. The summed E-state index contributed by atoms with van der Waals surface area (Å²) < 4.78 is 0.918. The van der Waals surface area contributed by atoms with Crippen LogP contribution in [0.2, 0.25) is 5.02 Å². The number of nitrogens with zero attached hydrogens (tertiary/aromatic N) is 2. The minimum Gasteiger partial charge on any atom is -0.255 e. The molecule has 0 unspecified atom stereocenters. The second kappa shape index (κ2) is 4.65. The van der Waals surface area contributed by atoms with Gasteiger partial charge in [0.15, 0.2) is 0 Å². The van der Waals surface area contributed by atoms with Gasteiger partial charge < -0.3 is 0 Å². The summed E-state index contributed by atoms with van der Waals surface area (Å²) in [4.78, 5) is 4.25. The fourth-order valence-electron chi connectivity index (χ4n) is 1.33. The molecule has 0 bridgehead atoms. The van der Waals surface area contributed by atoms with E-state index in [-0.39, 0.29) is 0 Å². The molecule has 16 heavy (non-hydrogen) atoms. The number of nitriles is 1. The number of hydrogen-bond acceptors (Lipinski definition) is 2. The molecule has 0 aliphatic carbocycles. The maximum absolute atomic E-state index is 8.73. The normalized spacial score (nSPS) is 9.81. The molecule has 1 heterocycles. The first-order valence-corrected chi connectivity index (χ1v) is 5.69. The van der Waals surface area contributed by atoms with Crippen LogP contribution in [0.5, 0.6) is 0 Å². The molecule has 2 aromatic rings. The summed E-state index contributed by atoms with van der Waals surface area (Å²) in [5, 5.41) is 9.27. The third-order valence-corrected chi connectivity index (χ3v) is 2.88. The summed E-state index contributed by atoms with van der Waals surface area (Å²) in [6, 6.07) is 11.0. The lowest BCUT2D eigenvalue weighted by Gasteiger charge is -2.03. The summed E-state index contributed by atoms with van der Waals surface area (Å²) >= 11 is 9.40. The van der Waals surface area contributed by atoms with Gasteiger partial charge in [-0.3, -0.25) is 4.98 Å². The van der Waals surface area contributed by atoms with Gasteiger partial charge in [0.2, 0.25) is 0 Å². The lowest BCUT2D eigenvalue weighted by Crippen LogP contribution is -1.85. The zero-order valence-electron chi connectivity index (χ0n) is 8.11. The lowest BCUT2D eigenvalue weighted by atomic mass is 10.1. The van der Waals surface area contributed by atoms with Crippen LogP contribution >= 0.6 is 27.5 Å². The Hall–Kier alpha value is -1.37. The Morgan fingerprint density at radius 1 is 1.25 bits per heavy atom. The van der Waals surface area contributed by atoms with Crippen LogP contribution in [-0.2, 0) is 0 Å². The molecular weight excluding hydrogens is 288 g/mol. The Balaban J connectivity index is 2.49. The molecular formula is C12H6BrClN2. The van der Waals surface area contributed by atoms with Gasteiger partial charge >= 0.3 is 0 Å². The predicted molar refractivity (Wildman–Crippen MR) is 67.1 cm³/mol. The molecule has 2 rings (SSSR count). The van der Waals surface area contributed by atoms with E-state index in [1.165, 1.54) is 0 Å². The van der Waals surface area contributed by atoms with Crippen LogP contribution in [0.4, 0.5) is 0 Å². The number of hydrogen-bond donors (Lipinski definition) is 0. The highest BCUT2D eigenvalue weighted by Gasteiger charge is 2.05. The molecule has 0 aliphatic rings. The van der Waals surface area contributed by atoms with Gasteiger partial charge in [-0.25, -0.2) is 0 Å². The van der Waals surface area contributed by atoms with Crippen molar-refractivity contribution < 1.29 is 0 Å². The van der Waals surface area contributed by atoms with Crippen molar-refractivity contribution >= 4 is 27.5 Å². The fourth-order valence-corrected chi connectivity index (χ4v) is 1.84. The molecule has 0 radical (unpaired) electrons. The minimum absolute atomic E-state index is 0.536. The minimum atomic E-state index is 0.536. The molecule has 0 saturated carbocycles. The largest absolute Gasteiger partial charge is 0.255 e. The van der Waals surface area contributed by atoms with Crippen molar-refractivity contribution in [3.05, 3.63) is 51.6 Å². The van der Waals surface area contributed by atoms with Crippen molar-refractivity contribution in [2.45, 2.75) is 0 Å². The van der Waals surface area contributed by atoms with E-state index in [0.29, 0.717) is 10.6 Å². The molecule has 0 spiro atoms. The van der Waals surface area contributed by atoms with Crippen LogP contribution in [0.3, 0.4) is 0 Å². The molecule has 0 amide bonds. The SMILES string of the molecule is N#Cc1ccc(-c2ccc(Br)cn2)c(Cl)c1. The standard InChI is InChI=1S/C12H6BrClN2/c13-9-2-4-12(16-7-9)10-3-1-8(6-15)5-11(10)14/h1-5,7H. The Labute approximate surface area is 107 Å². The number of benzene rings is 1. The molecule has 0 atom stereocenters. The van der Waals surface area contributed by atoms with Gasteiger partial charge in [0.25, 0.3) is 0 Å². The monoisotopic (exact) mass is 292 g/mol. The molecule has 0 N–H and O–H groups in total. The second-order valence-corrected chi connectivity index (χ2v) is 4.49. The topological polar surface area (TPSA) is 36.7 Å². The Morgan fingerprint density at radius 3 is 2.62 bits per heavy atom. The Kier molecular flexibility index (Phi) is 3.23. The van der Waals surface area contributed by atoms with Crippen molar-refractivity contribution in [3.63, 3.8) is 0 Å². The van der Waals surface area contributed by atoms with Gasteiger partial charge in [0.1, 0.15) is 0 Å². The fraction of sp³-hybridized carbons (Fsp3) is 0. The summed E-state index contributed by atoms with van der Waals surface area (Å²) in [6.07, 6.45) is 1.71. The second-order valence-electron chi connectivity index (χ2n) is 3.17. The van der Waals surface area contributed by atoms with E-state index in [1.54, 1.807) is 24.4 Å². The van der Waals surface area contributed by atoms with Gasteiger partial charge in [-0.1, -0.05) is 11.6 Å². The number of pyridine rings is 1. The first-order valence-electron chi connectivity index (χ1n) is 4.52. The van der Waals surface area contributed by atoms with E-state index in [1.807, 2.05) is 18.2 Å². The summed E-state index contributed by atoms with van der Waals surface area (Å²) in [5.74, 6) is 0. The van der Waals surface area contributed by atoms with Crippen molar-refractivity contribution in [2.75, 3.05) is 0 Å². The van der Waals surface area contributed by atoms with E-state index in [9.17, 15) is 0 Å². The van der Waals surface area contributed by atoms with Crippen LogP contribution < -0.4 is 0 Å². The Bertz CT molecular complexity index is 558.